The number of ether oxygens (including phenoxy) is 1. The number of hydrogen-bond acceptors (Lipinski definition) is 4. The van der Waals surface area contributed by atoms with E-state index in [2.05, 4.69) is 11.7 Å². The number of alkyl halides is 2. The summed E-state index contributed by atoms with van der Waals surface area (Å²) in [7, 11) is -6.27. The molecule has 0 aromatic carbocycles. The minimum absolute atomic E-state index is 0.336. The number of halogens is 3. The monoisotopic (exact) mass is 304 g/mol. The summed E-state index contributed by atoms with van der Waals surface area (Å²) in [6.07, 6.45) is 6.27. The van der Waals surface area contributed by atoms with Crippen LogP contribution in [0.3, 0.4) is 0 Å². The van der Waals surface area contributed by atoms with Gasteiger partial charge >= 0.3 is 21.4 Å². The van der Waals surface area contributed by atoms with Crippen LogP contribution in [0.15, 0.2) is 0 Å². The second-order valence-electron chi connectivity index (χ2n) is 4.21. The quantitative estimate of drug-likeness (QED) is 0.353. The molecule has 0 spiro atoms. The van der Waals surface area contributed by atoms with Gasteiger partial charge in [0.2, 0.25) is 0 Å². The van der Waals surface area contributed by atoms with Crippen molar-refractivity contribution in [2.45, 2.75) is 57.1 Å². The van der Waals surface area contributed by atoms with Crippen molar-refractivity contribution >= 4 is 16.2 Å². The fourth-order valence-electron chi connectivity index (χ4n) is 1.41. The SMILES string of the molecule is CCCCCCCCCOC(=O)C(F)(F)S(=O)(=O)F. The largest absolute Gasteiger partial charge is 0.470 e. The van der Waals surface area contributed by atoms with E-state index in [4.69, 9.17) is 0 Å². The number of esters is 1. The standard InChI is InChI=1S/C11H19F3O4S/c1-2-3-4-5-6-7-8-9-18-10(15)11(12,13)19(14,16)17/h2-9H2,1H3. The van der Waals surface area contributed by atoms with Crippen molar-refractivity contribution in [1.29, 1.82) is 0 Å². The predicted molar refractivity (Wildman–Crippen MR) is 63.9 cm³/mol. The topological polar surface area (TPSA) is 60.4 Å². The van der Waals surface area contributed by atoms with Crippen LogP contribution in [0, 0.1) is 0 Å². The summed E-state index contributed by atoms with van der Waals surface area (Å²) in [5, 5.41) is -5.12. The second kappa shape index (κ2) is 8.39. The van der Waals surface area contributed by atoms with Gasteiger partial charge in [-0.15, -0.1) is 0 Å². The molecule has 0 aliphatic rings. The molecule has 0 aromatic rings. The number of carbonyl (C=O) groups is 1. The summed E-state index contributed by atoms with van der Waals surface area (Å²) in [4.78, 5) is 10.7. The zero-order valence-electron chi connectivity index (χ0n) is 10.8. The first kappa shape index (κ1) is 18.2. The minimum Gasteiger partial charge on any atom is -0.460 e. The third-order valence-electron chi connectivity index (χ3n) is 2.52. The first-order valence-electron chi connectivity index (χ1n) is 6.22. The number of carbonyl (C=O) groups excluding carboxylic acids is 1. The van der Waals surface area contributed by atoms with Crippen molar-refractivity contribution < 1.29 is 30.6 Å². The van der Waals surface area contributed by atoms with Crippen molar-refractivity contribution in [2.24, 2.45) is 0 Å². The highest BCUT2D eigenvalue weighted by Crippen LogP contribution is 2.25. The molecular formula is C11H19F3O4S. The van der Waals surface area contributed by atoms with Gasteiger partial charge in [-0.05, 0) is 6.42 Å². The Hall–Kier alpha value is -0.790. The highest BCUT2D eigenvalue weighted by molar-refractivity contribution is 7.88. The fourth-order valence-corrected chi connectivity index (χ4v) is 1.67. The molecule has 8 heteroatoms. The van der Waals surface area contributed by atoms with Crippen LogP contribution in [0.4, 0.5) is 12.7 Å². The second-order valence-corrected chi connectivity index (χ2v) is 5.60. The molecule has 0 atom stereocenters. The Balaban J connectivity index is 3.76. The Morgan fingerprint density at radius 1 is 1.05 bits per heavy atom. The molecule has 4 nitrogen and oxygen atoms in total. The molecule has 0 saturated carbocycles. The molecule has 0 rings (SSSR count). The number of unbranched alkanes of at least 4 members (excludes halogenated alkanes) is 6. The van der Waals surface area contributed by atoms with E-state index in [0.29, 0.717) is 12.8 Å². The van der Waals surface area contributed by atoms with Gasteiger partial charge in [0.05, 0.1) is 6.61 Å². The van der Waals surface area contributed by atoms with Gasteiger partial charge in [-0.25, -0.2) is 4.79 Å². The molecule has 0 fully saturated rings. The van der Waals surface area contributed by atoms with E-state index in [9.17, 15) is 25.9 Å². The van der Waals surface area contributed by atoms with Gasteiger partial charge in [0.1, 0.15) is 0 Å². The Kier molecular flexibility index (Phi) is 8.05. The van der Waals surface area contributed by atoms with Crippen LogP contribution in [0.1, 0.15) is 51.9 Å². The normalized spacial score (nSPS) is 12.4. The molecule has 0 heterocycles. The highest BCUT2D eigenvalue weighted by Gasteiger charge is 2.55. The Morgan fingerprint density at radius 2 is 1.53 bits per heavy atom. The maximum atomic E-state index is 12.6. The van der Waals surface area contributed by atoms with E-state index in [-0.39, 0.29) is 6.61 Å². The zero-order valence-corrected chi connectivity index (χ0v) is 11.6. The average molecular weight is 304 g/mol. The first-order valence-corrected chi connectivity index (χ1v) is 7.61. The number of hydrogen-bond donors (Lipinski definition) is 0. The zero-order chi connectivity index (χ0) is 14.9. The van der Waals surface area contributed by atoms with E-state index in [1.54, 1.807) is 0 Å². The summed E-state index contributed by atoms with van der Waals surface area (Å²) in [6.45, 7) is 1.75. The molecular weight excluding hydrogens is 285 g/mol. The molecule has 0 radical (unpaired) electrons. The minimum atomic E-state index is -6.27. The van der Waals surface area contributed by atoms with Crippen LogP contribution in [0.5, 0.6) is 0 Å². The van der Waals surface area contributed by atoms with Gasteiger partial charge in [0.25, 0.3) is 0 Å². The molecule has 0 N–H and O–H groups in total. The molecule has 0 amide bonds. The molecule has 0 aromatic heterocycles. The van der Waals surface area contributed by atoms with E-state index in [0.717, 1.165) is 32.1 Å². The average Bonchev–Trinajstić information content (AvgIpc) is 2.30. The predicted octanol–water partition coefficient (Wildman–Crippen LogP) is 3.17. The Bertz CT molecular complexity index is 368. The lowest BCUT2D eigenvalue weighted by atomic mass is 10.1. The summed E-state index contributed by atoms with van der Waals surface area (Å²) < 4.78 is 61.4. The summed E-state index contributed by atoms with van der Waals surface area (Å²) >= 11 is 0. The number of rotatable bonds is 10. The van der Waals surface area contributed by atoms with Gasteiger partial charge in [0.15, 0.2) is 0 Å². The van der Waals surface area contributed by atoms with Crippen molar-refractivity contribution in [3.63, 3.8) is 0 Å². The molecule has 0 aliphatic carbocycles. The van der Waals surface area contributed by atoms with Gasteiger partial charge in [-0.1, -0.05) is 49.3 Å². The van der Waals surface area contributed by atoms with Crippen LogP contribution in [-0.4, -0.2) is 26.2 Å². The maximum absolute atomic E-state index is 12.6. The summed E-state index contributed by atoms with van der Waals surface area (Å²) in [5.74, 6) is -2.36. The molecule has 0 saturated heterocycles. The van der Waals surface area contributed by atoms with E-state index < -0.39 is 21.4 Å². The van der Waals surface area contributed by atoms with Gasteiger partial charge < -0.3 is 4.74 Å². The van der Waals surface area contributed by atoms with Crippen molar-refractivity contribution in [3.05, 3.63) is 0 Å². The van der Waals surface area contributed by atoms with Crippen LogP contribution in [0.2, 0.25) is 0 Å². The lowest BCUT2D eigenvalue weighted by molar-refractivity contribution is -0.161. The van der Waals surface area contributed by atoms with E-state index >= 15 is 0 Å². The maximum Gasteiger partial charge on any atom is 0.470 e. The highest BCUT2D eigenvalue weighted by atomic mass is 32.3. The smallest absolute Gasteiger partial charge is 0.460 e. The van der Waals surface area contributed by atoms with Crippen molar-refractivity contribution in [2.75, 3.05) is 6.61 Å². The first-order chi connectivity index (χ1) is 8.73. The van der Waals surface area contributed by atoms with Crippen molar-refractivity contribution in [1.82, 2.24) is 0 Å². The lowest BCUT2D eigenvalue weighted by Crippen LogP contribution is -2.37. The molecule has 0 bridgehead atoms. The van der Waals surface area contributed by atoms with E-state index in [1.165, 1.54) is 0 Å². The van der Waals surface area contributed by atoms with Crippen LogP contribution < -0.4 is 0 Å². The molecule has 0 unspecified atom stereocenters. The van der Waals surface area contributed by atoms with Crippen molar-refractivity contribution in [3.8, 4) is 0 Å². The fraction of sp³-hybridized carbons (Fsp3) is 0.909. The third-order valence-corrected chi connectivity index (χ3v) is 3.30. The molecule has 19 heavy (non-hydrogen) atoms. The summed E-state index contributed by atoms with van der Waals surface area (Å²) in [5.41, 5.74) is 0. The molecule has 114 valence electrons. The third kappa shape index (κ3) is 6.79. The van der Waals surface area contributed by atoms with Crippen LogP contribution >= 0.6 is 0 Å². The molecule has 0 aliphatic heterocycles. The Labute approximate surface area is 111 Å². The van der Waals surface area contributed by atoms with E-state index in [1.807, 2.05) is 0 Å². The van der Waals surface area contributed by atoms with Gasteiger partial charge in [-0.2, -0.15) is 17.2 Å². The summed E-state index contributed by atoms with van der Waals surface area (Å²) in [6, 6.07) is 0. The van der Waals surface area contributed by atoms with Crippen LogP contribution in [-0.2, 0) is 19.8 Å². The van der Waals surface area contributed by atoms with Gasteiger partial charge in [0, 0.05) is 0 Å². The van der Waals surface area contributed by atoms with Crippen LogP contribution in [0.25, 0.3) is 0 Å². The lowest BCUT2D eigenvalue weighted by Gasteiger charge is -2.10. The van der Waals surface area contributed by atoms with Gasteiger partial charge in [-0.3, -0.25) is 0 Å². The Morgan fingerprint density at radius 3 is 2.00 bits per heavy atom.